The average molecular weight is 269 g/mol. The first kappa shape index (κ1) is 15.3. The third kappa shape index (κ3) is 3.93. The smallest absolute Gasteiger partial charge is 0.0808 e. The van der Waals surface area contributed by atoms with E-state index in [2.05, 4.69) is 20.8 Å². The van der Waals surface area contributed by atoms with Crippen LogP contribution < -0.4 is 5.73 Å². The van der Waals surface area contributed by atoms with Gasteiger partial charge in [-0.25, -0.2) is 0 Å². The van der Waals surface area contributed by atoms with Crippen LogP contribution in [-0.2, 0) is 9.47 Å². The van der Waals surface area contributed by atoms with Gasteiger partial charge in [-0.3, -0.25) is 0 Å². The van der Waals surface area contributed by atoms with E-state index in [9.17, 15) is 0 Å². The standard InChI is InChI=1S/C16H31NO2/c1-4-14-5-7-16(11-17,8-6-14)19-15-9-12(2)18-13(3)10-15/h12-15H,4-11,17H2,1-3H3. The lowest BCUT2D eigenvalue weighted by Gasteiger charge is -2.44. The molecule has 112 valence electrons. The van der Waals surface area contributed by atoms with Crippen LogP contribution in [0, 0.1) is 5.92 Å². The van der Waals surface area contributed by atoms with Gasteiger partial charge in [0.25, 0.3) is 0 Å². The van der Waals surface area contributed by atoms with E-state index in [1.165, 1.54) is 19.3 Å². The van der Waals surface area contributed by atoms with Crippen LogP contribution in [0.15, 0.2) is 0 Å². The topological polar surface area (TPSA) is 44.5 Å². The second kappa shape index (κ2) is 6.55. The van der Waals surface area contributed by atoms with Crippen LogP contribution in [-0.4, -0.2) is 30.5 Å². The van der Waals surface area contributed by atoms with Gasteiger partial charge < -0.3 is 15.2 Å². The first-order chi connectivity index (χ1) is 9.07. The maximum absolute atomic E-state index is 6.50. The van der Waals surface area contributed by atoms with Gasteiger partial charge in [-0.2, -0.15) is 0 Å². The third-order valence-corrected chi connectivity index (χ3v) is 5.04. The van der Waals surface area contributed by atoms with Gasteiger partial charge in [-0.05, 0) is 58.3 Å². The van der Waals surface area contributed by atoms with Crippen molar-refractivity contribution in [3.63, 3.8) is 0 Å². The number of hydrogen-bond donors (Lipinski definition) is 1. The number of ether oxygens (including phenoxy) is 2. The molecule has 1 saturated heterocycles. The van der Waals surface area contributed by atoms with Crippen LogP contribution >= 0.6 is 0 Å². The summed E-state index contributed by atoms with van der Waals surface area (Å²) in [5.74, 6) is 0.885. The van der Waals surface area contributed by atoms with Crippen molar-refractivity contribution in [2.45, 2.75) is 89.6 Å². The fraction of sp³-hybridized carbons (Fsp3) is 1.00. The molecule has 1 heterocycles. The molecule has 0 aromatic carbocycles. The van der Waals surface area contributed by atoms with Crippen LogP contribution in [0.5, 0.6) is 0 Å². The molecule has 1 aliphatic carbocycles. The van der Waals surface area contributed by atoms with Crippen molar-refractivity contribution in [3.8, 4) is 0 Å². The zero-order valence-corrected chi connectivity index (χ0v) is 12.9. The molecule has 2 aliphatic rings. The molecule has 19 heavy (non-hydrogen) atoms. The third-order valence-electron chi connectivity index (χ3n) is 5.04. The molecular weight excluding hydrogens is 238 g/mol. The Kier molecular flexibility index (Phi) is 5.27. The normalized spacial score (nSPS) is 44.2. The SMILES string of the molecule is CCC1CCC(CN)(OC2CC(C)OC(C)C2)CC1. The first-order valence-corrected chi connectivity index (χ1v) is 8.10. The van der Waals surface area contributed by atoms with Gasteiger partial charge >= 0.3 is 0 Å². The van der Waals surface area contributed by atoms with Crippen LogP contribution in [0.3, 0.4) is 0 Å². The van der Waals surface area contributed by atoms with Crippen LogP contribution in [0.2, 0.25) is 0 Å². The van der Waals surface area contributed by atoms with Crippen LogP contribution in [0.25, 0.3) is 0 Å². The highest BCUT2D eigenvalue weighted by atomic mass is 16.5. The molecule has 0 bridgehead atoms. The Hall–Kier alpha value is -0.120. The Labute approximate surface area is 118 Å². The average Bonchev–Trinajstić information content (AvgIpc) is 2.38. The highest BCUT2D eigenvalue weighted by Crippen LogP contribution is 2.38. The van der Waals surface area contributed by atoms with Crippen molar-refractivity contribution >= 4 is 0 Å². The molecule has 2 unspecified atom stereocenters. The maximum Gasteiger partial charge on any atom is 0.0808 e. The molecule has 1 aliphatic heterocycles. The van der Waals surface area contributed by atoms with E-state index in [1.54, 1.807) is 0 Å². The van der Waals surface area contributed by atoms with Crippen molar-refractivity contribution in [2.75, 3.05) is 6.54 Å². The van der Waals surface area contributed by atoms with Crippen molar-refractivity contribution in [1.29, 1.82) is 0 Å². The number of rotatable bonds is 4. The molecule has 2 atom stereocenters. The van der Waals surface area contributed by atoms with Gasteiger partial charge in [-0.15, -0.1) is 0 Å². The van der Waals surface area contributed by atoms with E-state index in [4.69, 9.17) is 15.2 Å². The Morgan fingerprint density at radius 3 is 2.21 bits per heavy atom. The van der Waals surface area contributed by atoms with E-state index in [1.807, 2.05) is 0 Å². The fourth-order valence-electron chi connectivity index (χ4n) is 3.78. The molecular formula is C16H31NO2. The molecule has 3 nitrogen and oxygen atoms in total. The second-order valence-corrected chi connectivity index (χ2v) is 6.71. The van der Waals surface area contributed by atoms with E-state index in [0.717, 1.165) is 31.6 Å². The molecule has 0 spiro atoms. The summed E-state index contributed by atoms with van der Waals surface area (Å²) in [6.07, 6.45) is 9.14. The minimum absolute atomic E-state index is 0.0485. The molecule has 2 rings (SSSR count). The summed E-state index contributed by atoms with van der Waals surface area (Å²) in [5, 5.41) is 0. The Balaban J connectivity index is 1.91. The molecule has 2 fully saturated rings. The Morgan fingerprint density at radius 1 is 1.16 bits per heavy atom. The molecule has 0 radical (unpaired) electrons. The molecule has 0 amide bonds. The summed E-state index contributed by atoms with van der Waals surface area (Å²) in [7, 11) is 0. The number of nitrogens with two attached hydrogens (primary N) is 1. The van der Waals surface area contributed by atoms with Crippen molar-refractivity contribution in [3.05, 3.63) is 0 Å². The minimum atomic E-state index is -0.0485. The van der Waals surface area contributed by atoms with Gasteiger partial charge in [0.15, 0.2) is 0 Å². The van der Waals surface area contributed by atoms with Gasteiger partial charge in [0, 0.05) is 6.54 Å². The first-order valence-electron chi connectivity index (χ1n) is 8.10. The van der Waals surface area contributed by atoms with Crippen molar-refractivity contribution < 1.29 is 9.47 Å². The largest absolute Gasteiger partial charge is 0.375 e. The Bertz CT molecular complexity index is 264. The summed E-state index contributed by atoms with van der Waals surface area (Å²) in [6, 6.07) is 0. The summed E-state index contributed by atoms with van der Waals surface area (Å²) >= 11 is 0. The van der Waals surface area contributed by atoms with E-state index in [0.29, 0.717) is 24.9 Å². The highest BCUT2D eigenvalue weighted by Gasteiger charge is 2.38. The lowest BCUT2D eigenvalue weighted by Crippen LogP contribution is -2.48. The highest BCUT2D eigenvalue weighted by molar-refractivity contribution is 4.90. The van der Waals surface area contributed by atoms with Gasteiger partial charge in [0.1, 0.15) is 0 Å². The minimum Gasteiger partial charge on any atom is -0.375 e. The number of hydrogen-bond acceptors (Lipinski definition) is 3. The lowest BCUT2D eigenvalue weighted by molar-refractivity contribution is -0.167. The van der Waals surface area contributed by atoms with E-state index < -0.39 is 0 Å². The van der Waals surface area contributed by atoms with Crippen LogP contribution in [0.1, 0.15) is 65.7 Å². The zero-order chi connectivity index (χ0) is 13.9. The summed E-state index contributed by atoms with van der Waals surface area (Å²) in [5.41, 5.74) is 6.01. The molecule has 1 saturated carbocycles. The zero-order valence-electron chi connectivity index (χ0n) is 12.9. The quantitative estimate of drug-likeness (QED) is 0.852. The molecule has 3 heteroatoms. The maximum atomic E-state index is 6.50. The van der Waals surface area contributed by atoms with E-state index >= 15 is 0 Å². The summed E-state index contributed by atoms with van der Waals surface area (Å²) in [4.78, 5) is 0. The van der Waals surface area contributed by atoms with Crippen molar-refractivity contribution in [1.82, 2.24) is 0 Å². The monoisotopic (exact) mass is 269 g/mol. The van der Waals surface area contributed by atoms with Gasteiger partial charge in [0.2, 0.25) is 0 Å². The molecule has 0 aromatic heterocycles. The predicted octanol–water partition coefficient (Wildman–Crippen LogP) is 3.26. The van der Waals surface area contributed by atoms with E-state index in [-0.39, 0.29) is 5.60 Å². The fourth-order valence-corrected chi connectivity index (χ4v) is 3.78. The summed E-state index contributed by atoms with van der Waals surface area (Å²) < 4.78 is 12.3. The Morgan fingerprint density at radius 2 is 1.74 bits per heavy atom. The predicted molar refractivity (Wildman–Crippen MR) is 78.2 cm³/mol. The van der Waals surface area contributed by atoms with Gasteiger partial charge in [0.05, 0.1) is 23.9 Å². The van der Waals surface area contributed by atoms with Gasteiger partial charge in [-0.1, -0.05) is 13.3 Å². The van der Waals surface area contributed by atoms with Crippen LogP contribution in [0.4, 0.5) is 0 Å². The molecule has 2 N–H and O–H groups in total. The lowest BCUT2D eigenvalue weighted by atomic mass is 9.77. The summed E-state index contributed by atoms with van der Waals surface area (Å²) in [6.45, 7) is 7.26. The molecule has 0 aromatic rings. The second-order valence-electron chi connectivity index (χ2n) is 6.71. The van der Waals surface area contributed by atoms with Crippen molar-refractivity contribution in [2.24, 2.45) is 11.7 Å².